The second-order valence-corrected chi connectivity index (χ2v) is 8.83. The van der Waals surface area contributed by atoms with Gasteiger partial charge in [-0.15, -0.1) is 0 Å². The molecule has 166 valence electrons. The van der Waals surface area contributed by atoms with Crippen molar-refractivity contribution >= 4 is 34.4 Å². The monoisotopic (exact) mass is 441 g/mol. The summed E-state index contributed by atoms with van der Waals surface area (Å²) in [6.45, 7) is 6.43. The number of ketones is 1. The van der Waals surface area contributed by atoms with Gasteiger partial charge >= 0.3 is 0 Å². The van der Waals surface area contributed by atoms with Crippen LogP contribution in [0.25, 0.3) is 17.0 Å². The molecule has 4 aromatic rings. The van der Waals surface area contributed by atoms with E-state index in [4.69, 9.17) is 4.42 Å². The smallest absolute Gasteiger partial charge is 0.248 e. The van der Waals surface area contributed by atoms with Crippen molar-refractivity contribution in [3.05, 3.63) is 107 Å². The average molecular weight is 442 g/mol. The summed E-state index contributed by atoms with van der Waals surface area (Å²) in [5.41, 5.74) is 3.17. The van der Waals surface area contributed by atoms with E-state index in [2.05, 4.69) is 26.1 Å². The molecule has 0 saturated carbocycles. The maximum atomic E-state index is 13.3. The second-order valence-electron chi connectivity index (χ2n) is 8.83. The fourth-order valence-electron chi connectivity index (χ4n) is 3.49. The van der Waals surface area contributed by atoms with Gasteiger partial charge in [0, 0.05) is 17.0 Å². The third-order valence-corrected chi connectivity index (χ3v) is 5.36. The number of fused-ring (bicyclic) bond motifs is 1. The van der Waals surface area contributed by atoms with Crippen molar-refractivity contribution in [1.82, 2.24) is 0 Å². The van der Waals surface area contributed by atoms with Gasteiger partial charge in [0.15, 0.2) is 5.76 Å². The van der Waals surface area contributed by atoms with Gasteiger partial charge < -0.3 is 9.73 Å². The van der Waals surface area contributed by atoms with Crippen LogP contribution in [-0.4, -0.2) is 11.7 Å². The van der Waals surface area contributed by atoms with E-state index in [1.54, 1.807) is 30.3 Å². The molecule has 0 fully saturated rings. The number of nitrogens with one attached hydrogen (secondary N) is 1. The number of carbonyl (C=O) groups excluding carboxylic acids is 2. The Hall–Kier alpha value is -3.99. The Bertz CT molecular complexity index is 1340. The highest BCUT2D eigenvalue weighted by atomic mass is 19.1. The van der Waals surface area contributed by atoms with Crippen LogP contribution in [0.4, 0.5) is 10.1 Å². The van der Waals surface area contributed by atoms with Crippen molar-refractivity contribution in [2.24, 2.45) is 0 Å². The van der Waals surface area contributed by atoms with Crippen LogP contribution < -0.4 is 5.32 Å². The van der Waals surface area contributed by atoms with Crippen LogP contribution in [0.15, 0.2) is 83.3 Å². The van der Waals surface area contributed by atoms with Crippen LogP contribution in [0.3, 0.4) is 0 Å². The minimum Gasteiger partial charge on any atom is -0.450 e. The summed E-state index contributed by atoms with van der Waals surface area (Å²) in [5.74, 6) is -1.28. The van der Waals surface area contributed by atoms with E-state index in [-0.39, 0.29) is 22.4 Å². The maximum Gasteiger partial charge on any atom is 0.248 e. The minimum atomic E-state index is -0.441. The van der Waals surface area contributed by atoms with Gasteiger partial charge in [-0.3, -0.25) is 9.59 Å². The molecule has 1 aromatic heterocycles. The SMILES string of the molecule is CC(C)(C)c1ccc(C=CC(=O)Nc2c(C(=O)c3ccc(F)cc3)oc3ccccc23)cc1. The second kappa shape index (κ2) is 8.87. The fourth-order valence-corrected chi connectivity index (χ4v) is 3.49. The number of hydrogen-bond donors (Lipinski definition) is 1. The molecule has 1 amide bonds. The molecule has 1 N–H and O–H groups in total. The lowest BCUT2D eigenvalue weighted by Crippen LogP contribution is -2.11. The Morgan fingerprint density at radius 3 is 2.24 bits per heavy atom. The molecule has 4 rings (SSSR count). The number of furan rings is 1. The minimum absolute atomic E-state index is 0.000844. The largest absolute Gasteiger partial charge is 0.450 e. The van der Waals surface area contributed by atoms with Crippen LogP contribution in [0.5, 0.6) is 0 Å². The summed E-state index contributed by atoms with van der Waals surface area (Å²) >= 11 is 0. The molecule has 0 spiro atoms. The number of carbonyl (C=O) groups is 2. The average Bonchev–Trinajstić information content (AvgIpc) is 3.16. The summed E-state index contributed by atoms with van der Waals surface area (Å²) in [6, 6.07) is 20.3. The van der Waals surface area contributed by atoms with Crippen LogP contribution in [0, 0.1) is 5.82 Å². The summed E-state index contributed by atoms with van der Waals surface area (Å²) in [5, 5.41) is 3.40. The Morgan fingerprint density at radius 2 is 1.58 bits per heavy atom. The first kappa shape index (κ1) is 22.2. The molecule has 0 aliphatic heterocycles. The van der Waals surface area contributed by atoms with E-state index in [9.17, 15) is 14.0 Å². The quantitative estimate of drug-likeness (QED) is 0.275. The molecule has 5 heteroatoms. The number of hydrogen-bond acceptors (Lipinski definition) is 3. The zero-order valence-electron chi connectivity index (χ0n) is 18.7. The Labute approximate surface area is 191 Å². The zero-order chi connectivity index (χ0) is 23.6. The van der Waals surface area contributed by atoms with Crippen LogP contribution in [-0.2, 0) is 10.2 Å². The topological polar surface area (TPSA) is 59.3 Å². The van der Waals surface area contributed by atoms with Crippen LogP contribution in [0.1, 0.15) is 48.0 Å². The lowest BCUT2D eigenvalue weighted by atomic mass is 9.87. The summed E-state index contributed by atoms with van der Waals surface area (Å²) in [6.07, 6.45) is 3.13. The van der Waals surface area contributed by atoms with Crippen molar-refractivity contribution in [2.75, 3.05) is 5.32 Å². The molecule has 0 atom stereocenters. The van der Waals surface area contributed by atoms with E-state index in [0.29, 0.717) is 11.0 Å². The number of amides is 1. The molecule has 0 unspecified atom stereocenters. The third-order valence-electron chi connectivity index (χ3n) is 5.36. The highest BCUT2D eigenvalue weighted by molar-refractivity contribution is 6.18. The van der Waals surface area contributed by atoms with E-state index in [1.165, 1.54) is 35.9 Å². The molecule has 3 aromatic carbocycles. The van der Waals surface area contributed by atoms with Gasteiger partial charge in [-0.2, -0.15) is 0 Å². The fraction of sp³-hybridized carbons (Fsp3) is 0.143. The Kier molecular flexibility index (Phi) is 5.97. The number of rotatable bonds is 5. The molecular weight excluding hydrogens is 417 g/mol. The lowest BCUT2D eigenvalue weighted by Gasteiger charge is -2.18. The van der Waals surface area contributed by atoms with Gasteiger partial charge in [-0.1, -0.05) is 57.2 Å². The summed E-state index contributed by atoms with van der Waals surface area (Å²) in [7, 11) is 0. The van der Waals surface area contributed by atoms with Gasteiger partial charge in [-0.05, 0) is 59.0 Å². The highest BCUT2D eigenvalue weighted by Crippen LogP contribution is 2.32. The number of para-hydroxylation sites is 1. The number of anilines is 1. The van der Waals surface area contributed by atoms with Gasteiger partial charge in [0.25, 0.3) is 0 Å². The van der Waals surface area contributed by atoms with Crippen molar-refractivity contribution < 1.29 is 18.4 Å². The van der Waals surface area contributed by atoms with Crippen molar-refractivity contribution in [3.63, 3.8) is 0 Å². The van der Waals surface area contributed by atoms with Gasteiger partial charge in [-0.25, -0.2) is 4.39 Å². The predicted molar refractivity (Wildman–Crippen MR) is 129 cm³/mol. The molecule has 1 heterocycles. The zero-order valence-corrected chi connectivity index (χ0v) is 18.7. The third kappa shape index (κ3) is 4.93. The van der Waals surface area contributed by atoms with Crippen LogP contribution in [0.2, 0.25) is 0 Å². The molecular formula is C28H24FNO3. The van der Waals surface area contributed by atoms with Crippen molar-refractivity contribution in [1.29, 1.82) is 0 Å². The Balaban J connectivity index is 1.60. The molecule has 0 saturated heterocycles. The molecule has 0 bridgehead atoms. The van der Waals surface area contributed by atoms with Gasteiger partial charge in [0.2, 0.25) is 11.7 Å². The standard InChI is InChI=1S/C28H24FNO3/c1-28(2,3)20-13-8-18(9-14-20)10-17-24(31)30-25-22-6-4-5-7-23(22)33-27(25)26(32)19-11-15-21(29)16-12-19/h4-17H,1-3H3,(H,30,31). The van der Waals surface area contributed by atoms with Gasteiger partial charge in [0.05, 0.1) is 5.69 Å². The van der Waals surface area contributed by atoms with Crippen LogP contribution >= 0.6 is 0 Å². The first-order valence-electron chi connectivity index (χ1n) is 10.6. The summed E-state index contributed by atoms with van der Waals surface area (Å²) in [4.78, 5) is 25.7. The van der Waals surface area contributed by atoms with E-state index in [1.807, 2.05) is 24.3 Å². The van der Waals surface area contributed by atoms with E-state index in [0.717, 1.165) is 5.56 Å². The van der Waals surface area contributed by atoms with Crippen molar-refractivity contribution in [2.45, 2.75) is 26.2 Å². The first-order valence-corrected chi connectivity index (χ1v) is 10.6. The normalized spacial score (nSPS) is 11.8. The van der Waals surface area contributed by atoms with Crippen molar-refractivity contribution in [3.8, 4) is 0 Å². The molecule has 0 aliphatic carbocycles. The first-order chi connectivity index (χ1) is 15.7. The predicted octanol–water partition coefficient (Wildman–Crippen LogP) is 6.75. The van der Waals surface area contributed by atoms with Gasteiger partial charge in [0.1, 0.15) is 11.4 Å². The Morgan fingerprint density at radius 1 is 0.909 bits per heavy atom. The maximum absolute atomic E-state index is 13.3. The van der Waals surface area contributed by atoms with E-state index < -0.39 is 17.5 Å². The molecule has 33 heavy (non-hydrogen) atoms. The van der Waals surface area contributed by atoms with E-state index >= 15 is 0 Å². The highest BCUT2D eigenvalue weighted by Gasteiger charge is 2.23. The molecule has 4 nitrogen and oxygen atoms in total. The lowest BCUT2D eigenvalue weighted by molar-refractivity contribution is -0.111. The molecule has 0 radical (unpaired) electrons. The number of benzene rings is 3. The number of halogens is 1. The summed E-state index contributed by atoms with van der Waals surface area (Å²) < 4.78 is 19.0. The molecule has 0 aliphatic rings.